The van der Waals surface area contributed by atoms with Crippen molar-refractivity contribution >= 4 is 23.3 Å². The third-order valence-corrected chi connectivity index (χ3v) is 3.21. The van der Waals surface area contributed by atoms with Crippen LogP contribution in [0.25, 0.3) is 0 Å². The van der Waals surface area contributed by atoms with Crippen molar-refractivity contribution in [3.8, 4) is 0 Å². The average molecular weight is 254 g/mol. The van der Waals surface area contributed by atoms with E-state index in [0.29, 0.717) is 23.2 Å². The van der Waals surface area contributed by atoms with Crippen molar-refractivity contribution < 1.29 is 4.79 Å². The van der Waals surface area contributed by atoms with Gasteiger partial charge in [-0.15, -0.1) is 0 Å². The molecule has 1 fully saturated rings. The van der Waals surface area contributed by atoms with Crippen molar-refractivity contribution in [2.45, 2.75) is 18.9 Å². The lowest BCUT2D eigenvalue weighted by Gasteiger charge is -2.16. The van der Waals surface area contributed by atoms with Crippen LogP contribution in [0.3, 0.4) is 0 Å². The van der Waals surface area contributed by atoms with Crippen LogP contribution < -0.4 is 16.4 Å². The van der Waals surface area contributed by atoms with Gasteiger partial charge in [0.05, 0.1) is 10.7 Å². The number of carbonyl (C=O) groups is 1. The second kappa shape index (κ2) is 5.38. The first-order valence-electron chi connectivity index (χ1n) is 5.73. The smallest absolute Gasteiger partial charge is 0.319 e. The average Bonchev–Trinajstić information content (AvgIpc) is 3.13. The summed E-state index contributed by atoms with van der Waals surface area (Å²) in [5, 5.41) is 6.12. The van der Waals surface area contributed by atoms with Gasteiger partial charge < -0.3 is 16.4 Å². The van der Waals surface area contributed by atoms with Gasteiger partial charge in [-0.05, 0) is 30.9 Å². The van der Waals surface area contributed by atoms with Gasteiger partial charge in [0, 0.05) is 12.6 Å². The molecule has 0 aliphatic heterocycles. The fourth-order valence-corrected chi connectivity index (χ4v) is 1.94. The summed E-state index contributed by atoms with van der Waals surface area (Å²) in [6, 6.07) is 6.95. The lowest BCUT2D eigenvalue weighted by atomic mass is 10.2. The van der Waals surface area contributed by atoms with Crippen LogP contribution in [0, 0.1) is 5.92 Å². The topological polar surface area (TPSA) is 67.1 Å². The Morgan fingerprint density at radius 1 is 1.47 bits per heavy atom. The van der Waals surface area contributed by atoms with Crippen LogP contribution in [0.15, 0.2) is 24.3 Å². The molecule has 1 aromatic rings. The largest absolute Gasteiger partial charge is 0.334 e. The van der Waals surface area contributed by atoms with Crippen LogP contribution >= 0.6 is 11.6 Å². The van der Waals surface area contributed by atoms with Gasteiger partial charge in [-0.2, -0.15) is 0 Å². The minimum absolute atomic E-state index is 0.0671. The number of nitrogens with two attached hydrogens (primary N) is 1. The van der Waals surface area contributed by atoms with Gasteiger partial charge in [0.15, 0.2) is 0 Å². The van der Waals surface area contributed by atoms with Crippen molar-refractivity contribution in [3.05, 3.63) is 29.3 Å². The lowest BCUT2D eigenvalue weighted by molar-refractivity contribution is 0.247. The number of benzene rings is 1. The van der Waals surface area contributed by atoms with E-state index in [9.17, 15) is 4.79 Å². The summed E-state index contributed by atoms with van der Waals surface area (Å²) in [5.41, 5.74) is 6.23. The zero-order valence-corrected chi connectivity index (χ0v) is 10.2. The van der Waals surface area contributed by atoms with Gasteiger partial charge in [-0.25, -0.2) is 4.79 Å². The van der Waals surface area contributed by atoms with E-state index >= 15 is 0 Å². The maximum Gasteiger partial charge on any atom is 0.319 e. The molecule has 17 heavy (non-hydrogen) atoms. The van der Waals surface area contributed by atoms with E-state index in [1.807, 2.05) is 12.1 Å². The number of urea groups is 1. The summed E-state index contributed by atoms with van der Waals surface area (Å²) >= 11 is 5.95. The van der Waals surface area contributed by atoms with Crippen LogP contribution in [-0.2, 0) is 0 Å². The number of rotatable bonds is 4. The molecule has 0 spiro atoms. The summed E-state index contributed by atoms with van der Waals surface area (Å²) in [4.78, 5) is 11.7. The van der Waals surface area contributed by atoms with E-state index < -0.39 is 0 Å². The molecule has 1 atom stereocenters. The molecule has 4 N–H and O–H groups in total. The number of carbonyl (C=O) groups excluding carboxylic acids is 1. The monoisotopic (exact) mass is 253 g/mol. The molecule has 92 valence electrons. The molecule has 0 bridgehead atoms. The molecule has 1 unspecified atom stereocenters. The zero-order chi connectivity index (χ0) is 12.3. The Morgan fingerprint density at radius 2 is 2.18 bits per heavy atom. The first-order valence-corrected chi connectivity index (χ1v) is 6.10. The molecule has 4 nitrogen and oxygen atoms in total. The van der Waals surface area contributed by atoms with Gasteiger partial charge in [0.2, 0.25) is 0 Å². The van der Waals surface area contributed by atoms with Gasteiger partial charge in [0.25, 0.3) is 0 Å². The summed E-state index contributed by atoms with van der Waals surface area (Å²) in [7, 11) is 0. The first-order chi connectivity index (χ1) is 8.20. The van der Waals surface area contributed by atoms with Crippen LogP contribution in [-0.4, -0.2) is 18.6 Å². The summed E-state index contributed by atoms with van der Waals surface area (Å²) < 4.78 is 0. The van der Waals surface area contributed by atoms with Crippen LogP contribution in [0.2, 0.25) is 5.02 Å². The highest BCUT2D eigenvalue weighted by Gasteiger charge is 2.31. The molecule has 1 saturated carbocycles. The SMILES string of the molecule is NCC(NC(=O)Nc1ccccc1Cl)C1CC1. The molecular weight excluding hydrogens is 238 g/mol. The lowest BCUT2D eigenvalue weighted by Crippen LogP contribution is -2.43. The van der Waals surface area contributed by atoms with E-state index in [-0.39, 0.29) is 12.1 Å². The van der Waals surface area contributed by atoms with Gasteiger partial charge >= 0.3 is 6.03 Å². The van der Waals surface area contributed by atoms with E-state index in [1.54, 1.807) is 12.1 Å². The van der Waals surface area contributed by atoms with Crippen molar-refractivity contribution in [3.63, 3.8) is 0 Å². The van der Waals surface area contributed by atoms with Crippen molar-refractivity contribution in [2.24, 2.45) is 11.7 Å². The number of halogens is 1. The van der Waals surface area contributed by atoms with Crippen molar-refractivity contribution in [1.82, 2.24) is 5.32 Å². The van der Waals surface area contributed by atoms with Gasteiger partial charge in [-0.1, -0.05) is 23.7 Å². The predicted octanol–water partition coefficient (Wildman–Crippen LogP) is 2.20. The molecule has 0 heterocycles. The van der Waals surface area contributed by atoms with E-state index in [0.717, 1.165) is 12.8 Å². The summed E-state index contributed by atoms with van der Waals surface area (Å²) in [6.07, 6.45) is 2.29. The third-order valence-electron chi connectivity index (χ3n) is 2.88. The number of para-hydroxylation sites is 1. The minimum atomic E-state index is -0.250. The predicted molar refractivity (Wildman–Crippen MR) is 69.2 cm³/mol. The normalized spacial score (nSPS) is 16.4. The maximum atomic E-state index is 11.7. The second-order valence-electron chi connectivity index (χ2n) is 4.26. The van der Waals surface area contributed by atoms with E-state index in [1.165, 1.54) is 0 Å². The van der Waals surface area contributed by atoms with Gasteiger partial charge in [-0.3, -0.25) is 0 Å². The second-order valence-corrected chi connectivity index (χ2v) is 4.67. The molecule has 2 rings (SSSR count). The first kappa shape index (κ1) is 12.2. The Kier molecular flexibility index (Phi) is 3.86. The van der Waals surface area contributed by atoms with Crippen LogP contribution in [0.4, 0.5) is 10.5 Å². The highest BCUT2D eigenvalue weighted by molar-refractivity contribution is 6.33. The fraction of sp³-hybridized carbons (Fsp3) is 0.417. The third kappa shape index (κ3) is 3.35. The van der Waals surface area contributed by atoms with E-state index in [4.69, 9.17) is 17.3 Å². The number of anilines is 1. The van der Waals surface area contributed by atoms with Crippen molar-refractivity contribution in [1.29, 1.82) is 0 Å². The maximum absolute atomic E-state index is 11.7. The quantitative estimate of drug-likeness (QED) is 0.770. The molecular formula is C12H16ClN3O. The zero-order valence-electron chi connectivity index (χ0n) is 9.45. The molecule has 0 aromatic heterocycles. The molecule has 2 amide bonds. The molecule has 1 aliphatic carbocycles. The summed E-state index contributed by atoms with van der Waals surface area (Å²) in [5.74, 6) is 0.539. The molecule has 1 aromatic carbocycles. The fourth-order valence-electron chi connectivity index (χ4n) is 1.76. The minimum Gasteiger partial charge on any atom is -0.334 e. The number of hydrogen-bond donors (Lipinski definition) is 3. The molecule has 0 saturated heterocycles. The van der Waals surface area contributed by atoms with Crippen LogP contribution in [0.5, 0.6) is 0 Å². The number of hydrogen-bond acceptors (Lipinski definition) is 2. The molecule has 1 aliphatic rings. The molecule has 5 heteroatoms. The Bertz CT molecular complexity index is 406. The summed E-state index contributed by atoms with van der Waals surface area (Å²) in [6.45, 7) is 0.473. The Labute approximate surface area is 106 Å². The number of amides is 2. The molecule has 0 radical (unpaired) electrons. The highest BCUT2D eigenvalue weighted by atomic mass is 35.5. The number of nitrogens with one attached hydrogen (secondary N) is 2. The Hall–Kier alpha value is -1.26. The van der Waals surface area contributed by atoms with Crippen LogP contribution in [0.1, 0.15) is 12.8 Å². The van der Waals surface area contributed by atoms with E-state index in [2.05, 4.69) is 10.6 Å². The Morgan fingerprint density at radius 3 is 2.76 bits per heavy atom. The van der Waals surface area contributed by atoms with Gasteiger partial charge in [0.1, 0.15) is 0 Å². The highest BCUT2D eigenvalue weighted by Crippen LogP contribution is 2.32. The van der Waals surface area contributed by atoms with Crippen molar-refractivity contribution in [2.75, 3.05) is 11.9 Å². The Balaban J connectivity index is 1.90. The standard InChI is InChI=1S/C12H16ClN3O/c13-9-3-1-2-4-10(9)15-12(17)16-11(7-14)8-5-6-8/h1-4,8,11H,5-7,14H2,(H2,15,16,17).